The largest absolute Gasteiger partial charge is 0.496 e. The highest BCUT2D eigenvalue weighted by atomic mass is 79.9. The Bertz CT molecular complexity index is 1130. The van der Waals surface area contributed by atoms with Crippen LogP contribution in [0.4, 0.5) is 0 Å². The van der Waals surface area contributed by atoms with Gasteiger partial charge in [0.1, 0.15) is 17.1 Å². The molecule has 0 aliphatic carbocycles. The Hall–Kier alpha value is -3.58. The monoisotopic (exact) mass is 496 g/mol. The first-order chi connectivity index (χ1) is 15.5. The summed E-state index contributed by atoms with van der Waals surface area (Å²) in [5, 5.41) is 0. The summed E-state index contributed by atoms with van der Waals surface area (Å²) >= 11 is 3.35. The Morgan fingerprint density at radius 1 is 0.781 bits per heavy atom. The Labute approximate surface area is 194 Å². The van der Waals surface area contributed by atoms with E-state index in [1.807, 2.05) is 12.1 Å². The Morgan fingerprint density at radius 3 is 2.00 bits per heavy atom. The molecular weight excluding hydrogens is 476 g/mol. The molecule has 0 fully saturated rings. The number of allylic oxidation sites excluding steroid dienone is 1. The third-order valence-corrected chi connectivity index (χ3v) is 5.11. The van der Waals surface area contributed by atoms with Crippen molar-refractivity contribution in [2.24, 2.45) is 0 Å². The molecule has 0 bridgehead atoms. The third-order valence-electron chi connectivity index (χ3n) is 4.58. The topological polar surface area (TPSA) is 71.1 Å². The van der Waals surface area contributed by atoms with Crippen LogP contribution >= 0.6 is 15.9 Å². The Kier molecular flexibility index (Phi) is 7.68. The van der Waals surface area contributed by atoms with Crippen LogP contribution in [0.25, 0.3) is 6.08 Å². The van der Waals surface area contributed by atoms with Gasteiger partial charge in [0.2, 0.25) is 0 Å². The van der Waals surface area contributed by atoms with Crippen molar-refractivity contribution in [3.63, 3.8) is 0 Å². The van der Waals surface area contributed by atoms with Crippen molar-refractivity contribution in [1.82, 2.24) is 0 Å². The fourth-order valence-electron chi connectivity index (χ4n) is 2.96. The van der Waals surface area contributed by atoms with Gasteiger partial charge in [-0.15, -0.1) is 0 Å². The summed E-state index contributed by atoms with van der Waals surface area (Å²) in [6, 6.07) is 17.1. The molecule has 164 valence electrons. The second-order valence-electron chi connectivity index (χ2n) is 6.54. The van der Waals surface area contributed by atoms with Crippen molar-refractivity contribution in [2.45, 2.75) is 0 Å². The summed E-state index contributed by atoms with van der Waals surface area (Å²) in [7, 11) is 4.39. The number of methoxy groups -OCH3 is 3. The maximum atomic E-state index is 12.8. The van der Waals surface area contributed by atoms with E-state index in [0.29, 0.717) is 28.4 Å². The number of esters is 1. The van der Waals surface area contributed by atoms with Gasteiger partial charge in [0.15, 0.2) is 17.3 Å². The molecule has 0 N–H and O–H groups in total. The molecule has 0 aliphatic rings. The quantitative estimate of drug-likeness (QED) is 0.175. The first kappa shape index (κ1) is 23.1. The number of carbonyl (C=O) groups is 2. The number of hydrogen-bond acceptors (Lipinski definition) is 6. The van der Waals surface area contributed by atoms with Crippen LogP contribution in [0.2, 0.25) is 0 Å². The fraction of sp³-hybridized carbons (Fsp3) is 0.120. The van der Waals surface area contributed by atoms with Gasteiger partial charge in [-0.05, 0) is 60.2 Å². The van der Waals surface area contributed by atoms with Crippen LogP contribution in [-0.4, -0.2) is 33.1 Å². The molecule has 3 rings (SSSR count). The minimum atomic E-state index is -0.647. The lowest BCUT2D eigenvalue weighted by Crippen LogP contribution is -2.12. The van der Waals surface area contributed by atoms with Crippen LogP contribution in [0.1, 0.15) is 26.3 Å². The second kappa shape index (κ2) is 10.6. The molecule has 0 amide bonds. The first-order valence-electron chi connectivity index (χ1n) is 9.56. The number of hydrogen-bond donors (Lipinski definition) is 0. The maximum Gasteiger partial charge on any atom is 0.351 e. The molecule has 0 saturated carbocycles. The molecule has 7 heteroatoms. The van der Waals surface area contributed by atoms with Gasteiger partial charge < -0.3 is 18.9 Å². The van der Waals surface area contributed by atoms with E-state index < -0.39 is 5.97 Å². The van der Waals surface area contributed by atoms with Gasteiger partial charge in [-0.1, -0.05) is 34.1 Å². The Morgan fingerprint density at radius 2 is 1.41 bits per heavy atom. The minimum Gasteiger partial charge on any atom is -0.496 e. The van der Waals surface area contributed by atoms with E-state index >= 15 is 0 Å². The summed E-state index contributed by atoms with van der Waals surface area (Å²) in [4.78, 5) is 25.2. The molecule has 0 aliphatic heterocycles. The molecule has 32 heavy (non-hydrogen) atoms. The van der Waals surface area contributed by atoms with E-state index in [1.54, 1.807) is 54.6 Å². The highest BCUT2D eigenvalue weighted by Crippen LogP contribution is 2.33. The Balaban J connectivity index is 1.81. The molecule has 3 aromatic carbocycles. The lowest BCUT2D eigenvalue weighted by Gasteiger charge is -2.14. The van der Waals surface area contributed by atoms with Gasteiger partial charge in [0, 0.05) is 10.0 Å². The van der Waals surface area contributed by atoms with Gasteiger partial charge in [-0.25, -0.2) is 4.79 Å². The van der Waals surface area contributed by atoms with E-state index in [1.165, 1.54) is 27.4 Å². The highest BCUT2D eigenvalue weighted by Gasteiger charge is 2.21. The lowest BCUT2D eigenvalue weighted by atomic mass is 10.1. The van der Waals surface area contributed by atoms with E-state index in [2.05, 4.69) is 15.9 Å². The number of benzene rings is 3. The molecule has 0 heterocycles. The van der Waals surface area contributed by atoms with E-state index in [9.17, 15) is 9.59 Å². The SMILES string of the molecule is COc1cc(/C=C/C(=O)c2ccc(Br)cc2)ccc1OC(=O)c1c(OC)cccc1OC. The summed E-state index contributed by atoms with van der Waals surface area (Å²) in [5.74, 6) is 0.451. The molecule has 0 spiro atoms. The smallest absolute Gasteiger partial charge is 0.351 e. The standard InChI is InChI=1S/C25H21BrO6/c1-29-21-5-4-6-22(30-2)24(21)25(28)32-20-14-8-16(15-23(20)31-3)7-13-19(27)17-9-11-18(26)12-10-17/h4-15H,1-3H3/b13-7+. The molecular formula is C25H21BrO6. The van der Waals surface area contributed by atoms with Crippen molar-refractivity contribution in [2.75, 3.05) is 21.3 Å². The molecule has 0 aromatic heterocycles. The van der Waals surface area contributed by atoms with Gasteiger partial charge in [-0.2, -0.15) is 0 Å². The summed E-state index contributed by atoms with van der Waals surface area (Å²) in [6.07, 6.45) is 3.14. The zero-order valence-corrected chi connectivity index (χ0v) is 19.3. The van der Waals surface area contributed by atoms with E-state index in [4.69, 9.17) is 18.9 Å². The predicted molar refractivity (Wildman–Crippen MR) is 125 cm³/mol. The summed E-state index contributed by atoms with van der Waals surface area (Å²) in [6.45, 7) is 0. The maximum absolute atomic E-state index is 12.8. The second-order valence-corrected chi connectivity index (χ2v) is 7.46. The van der Waals surface area contributed by atoms with E-state index in [-0.39, 0.29) is 17.1 Å². The lowest BCUT2D eigenvalue weighted by molar-refractivity contribution is 0.0722. The first-order valence-corrected chi connectivity index (χ1v) is 10.3. The van der Waals surface area contributed by atoms with Crippen molar-refractivity contribution in [3.8, 4) is 23.0 Å². The van der Waals surface area contributed by atoms with Crippen LogP contribution in [0.15, 0.2) is 71.2 Å². The molecule has 0 unspecified atom stereocenters. The number of ether oxygens (including phenoxy) is 4. The third kappa shape index (κ3) is 5.36. The number of rotatable bonds is 8. The van der Waals surface area contributed by atoms with Crippen molar-refractivity contribution in [1.29, 1.82) is 0 Å². The van der Waals surface area contributed by atoms with Crippen molar-refractivity contribution in [3.05, 3.63) is 87.9 Å². The molecule has 3 aromatic rings. The molecule has 0 saturated heterocycles. The highest BCUT2D eigenvalue weighted by molar-refractivity contribution is 9.10. The van der Waals surface area contributed by atoms with Crippen molar-refractivity contribution >= 4 is 33.8 Å². The number of halogens is 1. The number of carbonyl (C=O) groups excluding carboxylic acids is 2. The molecule has 0 atom stereocenters. The normalized spacial score (nSPS) is 10.6. The zero-order chi connectivity index (χ0) is 23.1. The van der Waals surface area contributed by atoms with Gasteiger partial charge in [0.25, 0.3) is 0 Å². The zero-order valence-electron chi connectivity index (χ0n) is 17.8. The summed E-state index contributed by atoms with van der Waals surface area (Å²) in [5.41, 5.74) is 1.46. The minimum absolute atomic E-state index is 0.129. The fourth-order valence-corrected chi connectivity index (χ4v) is 3.22. The van der Waals surface area contributed by atoms with Crippen LogP contribution in [-0.2, 0) is 0 Å². The van der Waals surface area contributed by atoms with Gasteiger partial charge in [-0.3, -0.25) is 4.79 Å². The summed E-state index contributed by atoms with van der Waals surface area (Å²) < 4.78 is 22.4. The molecule has 0 radical (unpaired) electrons. The van der Waals surface area contributed by atoms with Crippen LogP contribution in [0.3, 0.4) is 0 Å². The molecule has 6 nitrogen and oxygen atoms in total. The average Bonchev–Trinajstić information content (AvgIpc) is 2.82. The van der Waals surface area contributed by atoms with Crippen LogP contribution < -0.4 is 18.9 Å². The van der Waals surface area contributed by atoms with Gasteiger partial charge >= 0.3 is 5.97 Å². The van der Waals surface area contributed by atoms with Crippen LogP contribution in [0.5, 0.6) is 23.0 Å². The van der Waals surface area contributed by atoms with Crippen molar-refractivity contribution < 1.29 is 28.5 Å². The van der Waals surface area contributed by atoms with E-state index in [0.717, 1.165) is 4.47 Å². The van der Waals surface area contributed by atoms with Crippen LogP contribution in [0, 0.1) is 0 Å². The average molecular weight is 497 g/mol. The predicted octanol–water partition coefficient (Wildman–Crippen LogP) is 5.59. The van der Waals surface area contributed by atoms with Gasteiger partial charge in [0.05, 0.1) is 21.3 Å². The number of ketones is 1.